The molecule has 1 atom stereocenters. The van der Waals surface area contributed by atoms with Crippen LogP contribution in [-0.4, -0.2) is 31.1 Å². The number of furan rings is 1. The summed E-state index contributed by atoms with van der Waals surface area (Å²) in [5.74, 6) is 2.23. The lowest BCUT2D eigenvalue weighted by Crippen LogP contribution is -2.40. The van der Waals surface area contributed by atoms with Crippen LogP contribution in [0.25, 0.3) is 0 Å². The summed E-state index contributed by atoms with van der Waals surface area (Å²) < 4.78 is 5.83. The Morgan fingerprint density at radius 3 is 2.89 bits per heavy atom. The van der Waals surface area contributed by atoms with E-state index in [1.54, 1.807) is 0 Å². The van der Waals surface area contributed by atoms with Crippen LogP contribution in [0.3, 0.4) is 0 Å². The molecule has 1 fully saturated rings. The fraction of sp³-hybridized carbons (Fsp3) is 0.733. The topological polar surface area (TPSA) is 28.4 Å². The summed E-state index contributed by atoms with van der Waals surface area (Å²) in [6, 6.07) is 4.98. The maximum Gasteiger partial charge on any atom is 0.118 e. The average molecular weight is 250 g/mol. The van der Waals surface area contributed by atoms with Crippen molar-refractivity contribution in [1.82, 2.24) is 10.2 Å². The van der Waals surface area contributed by atoms with E-state index >= 15 is 0 Å². The molecular weight excluding hydrogens is 224 g/mol. The van der Waals surface area contributed by atoms with Crippen LogP contribution >= 0.6 is 0 Å². The van der Waals surface area contributed by atoms with Gasteiger partial charge < -0.3 is 9.73 Å². The summed E-state index contributed by atoms with van der Waals surface area (Å²) in [7, 11) is 2.03. The first-order valence-electron chi connectivity index (χ1n) is 7.29. The first-order valence-corrected chi connectivity index (χ1v) is 7.29. The minimum absolute atomic E-state index is 0.723. The zero-order chi connectivity index (χ0) is 12.8. The molecule has 0 amide bonds. The Hall–Kier alpha value is -0.800. The molecule has 3 nitrogen and oxygen atoms in total. The van der Waals surface area contributed by atoms with Gasteiger partial charge in [-0.05, 0) is 51.5 Å². The van der Waals surface area contributed by atoms with Crippen LogP contribution in [0.5, 0.6) is 0 Å². The third-order valence-electron chi connectivity index (χ3n) is 3.90. The Morgan fingerprint density at radius 2 is 2.17 bits per heavy atom. The molecule has 0 aromatic carbocycles. The normalized spacial score (nSPS) is 21.3. The number of nitrogens with one attached hydrogen (secondary N) is 1. The highest BCUT2D eigenvalue weighted by Crippen LogP contribution is 2.22. The van der Waals surface area contributed by atoms with E-state index in [-0.39, 0.29) is 0 Å². The van der Waals surface area contributed by atoms with Crippen molar-refractivity contribution in [3.63, 3.8) is 0 Å². The number of hydrogen-bond donors (Lipinski definition) is 1. The zero-order valence-corrected chi connectivity index (χ0v) is 11.7. The Kier molecular flexibility index (Phi) is 5.26. The molecule has 3 heteroatoms. The fourth-order valence-electron chi connectivity index (χ4n) is 2.80. The molecular formula is C15H26N2O. The van der Waals surface area contributed by atoms with Gasteiger partial charge in [0.25, 0.3) is 0 Å². The molecule has 1 saturated heterocycles. The van der Waals surface area contributed by atoms with Crippen LogP contribution < -0.4 is 5.32 Å². The van der Waals surface area contributed by atoms with E-state index < -0.39 is 0 Å². The van der Waals surface area contributed by atoms with Gasteiger partial charge in [0, 0.05) is 12.5 Å². The molecule has 0 spiro atoms. The number of rotatable bonds is 6. The first kappa shape index (κ1) is 13.6. The molecule has 1 unspecified atom stereocenters. The van der Waals surface area contributed by atoms with Gasteiger partial charge in [-0.15, -0.1) is 0 Å². The Bertz CT molecular complexity index is 348. The van der Waals surface area contributed by atoms with Crippen LogP contribution in [0.1, 0.15) is 44.1 Å². The minimum atomic E-state index is 0.723. The van der Waals surface area contributed by atoms with Gasteiger partial charge in [0.05, 0.1) is 6.54 Å². The van der Waals surface area contributed by atoms with E-state index in [0.717, 1.165) is 37.1 Å². The van der Waals surface area contributed by atoms with Gasteiger partial charge in [0.1, 0.15) is 11.5 Å². The highest BCUT2D eigenvalue weighted by molar-refractivity contribution is 5.07. The molecule has 1 aromatic heterocycles. The van der Waals surface area contributed by atoms with Crippen molar-refractivity contribution >= 4 is 0 Å². The molecule has 1 aliphatic heterocycles. The number of aryl methyl sites for hydroxylation is 1. The summed E-state index contributed by atoms with van der Waals surface area (Å²) >= 11 is 0. The second-order valence-electron chi connectivity index (χ2n) is 5.23. The quantitative estimate of drug-likeness (QED) is 0.841. The molecule has 2 rings (SSSR count). The number of hydrogen-bond acceptors (Lipinski definition) is 3. The maximum absolute atomic E-state index is 5.83. The fourth-order valence-corrected chi connectivity index (χ4v) is 2.80. The van der Waals surface area contributed by atoms with Gasteiger partial charge in [-0.1, -0.05) is 13.3 Å². The molecule has 2 heterocycles. The van der Waals surface area contributed by atoms with Gasteiger partial charge >= 0.3 is 0 Å². The number of likely N-dealkylation sites (tertiary alicyclic amines) is 1. The SMILES string of the molecule is CCc1ccc(CN2CCCCC2CCNC)o1. The lowest BCUT2D eigenvalue weighted by Gasteiger charge is -2.35. The van der Waals surface area contributed by atoms with Crippen LogP contribution in [0.15, 0.2) is 16.5 Å². The van der Waals surface area contributed by atoms with Gasteiger partial charge in [-0.25, -0.2) is 0 Å². The predicted molar refractivity (Wildman–Crippen MR) is 74.7 cm³/mol. The van der Waals surface area contributed by atoms with Crippen molar-refractivity contribution in [1.29, 1.82) is 0 Å². The van der Waals surface area contributed by atoms with E-state index in [4.69, 9.17) is 4.42 Å². The van der Waals surface area contributed by atoms with Crippen molar-refractivity contribution in [3.8, 4) is 0 Å². The predicted octanol–water partition coefficient (Wildman–Crippen LogP) is 2.81. The molecule has 0 bridgehead atoms. The minimum Gasteiger partial charge on any atom is -0.465 e. The Morgan fingerprint density at radius 1 is 1.33 bits per heavy atom. The molecule has 102 valence electrons. The first-order chi connectivity index (χ1) is 8.83. The molecule has 1 aromatic rings. The molecule has 0 radical (unpaired) electrons. The molecule has 0 aliphatic carbocycles. The molecule has 0 saturated carbocycles. The van der Waals surface area contributed by atoms with Gasteiger partial charge in [0.15, 0.2) is 0 Å². The van der Waals surface area contributed by atoms with E-state index in [9.17, 15) is 0 Å². The largest absolute Gasteiger partial charge is 0.465 e. The molecule has 1 aliphatic rings. The lowest BCUT2D eigenvalue weighted by molar-refractivity contribution is 0.122. The Balaban J connectivity index is 1.91. The summed E-state index contributed by atoms with van der Waals surface area (Å²) in [5, 5.41) is 3.26. The van der Waals surface area contributed by atoms with Crippen molar-refractivity contribution in [2.45, 2.75) is 51.6 Å². The van der Waals surface area contributed by atoms with E-state index in [2.05, 4.69) is 29.3 Å². The van der Waals surface area contributed by atoms with Crippen molar-refractivity contribution in [3.05, 3.63) is 23.7 Å². The summed E-state index contributed by atoms with van der Waals surface area (Å²) in [4.78, 5) is 2.60. The van der Waals surface area contributed by atoms with Crippen molar-refractivity contribution < 1.29 is 4.42 Å². The Labute approximate surface area is 111 Å². The van der Waals surface area contributed by atoms with Crippen LogP contribution in [0, 0.1) is 0 Å². The third kappa shape index (κ3) is 3.59. The van der Waals surface area contributed by atoms with E-state index in [1.165, 1.54) is 32.2 Å². The zero-order valence-electron chi connectivity index (χ0n) is 11.7. The number of piperidine rings is 1. The lowest BCUT2D eigenvalue weighted by atomic mass is 9.99. The second-order valence-corrected chi connectivity index (χ2v) is 5.23. The third-order valence-corrected chi connectivity index (χ3v) is 3.90. The van der Waals surface area contributed by atoms with Gasteiger partial charge in [-0.2, -0.15) is 0 Å². The summed E-state index contributed by atoms with van der Waals surface area (Å²) in [6.45, 7) is 5.45. The molecule has 1 N–H and O–H groups in total. The van der Waals surface area contributed by atoms with Gasteiger partial charge in [0.2, 0.25) is 0 Å². The number of nitrogens with zero attached hydrogens (tertiary/aromatic N) is 1. The van der Waals surface area contributed by atoms with Crippen molar-refractivity contribution in [2.75, 3.05) is 20.1 Å². The smallest absolute Gasteiger partial charge is 0.118 e. The maximum atomic E-state index is 5.83. The van der Waals surface area contributed by atoms with Crippen LogP contribution in [0.4, 0.5) is 0 Å². The summed E-state index contributed by atoms with van der Waals surface area (Å²) in [6.07, 6.45) is 6.28. The summed E-state index contributed by atoms with van der Waals surface area (Å²) in [5.41, 5.74) is 0. The van der Waals surface area contributed by atoms with Crippen molar-refractivity contribution in [2.24, 2.45) is 0 Å². The highest BCUT2D eigenvalue weighted by atomic mass is 16.3. The van der Waals surface area contributed by atoms with E-state index in [0.29, 0.717) is 0 Å². The standard InChI is InChI=1S/C15H26N2O/c1-3-14-7-8-15(18-14)12-17-11-5-4-6-13(17)9-10-16-2/h7-8,13,16H,3-6,9-12H2,1-2H3. The van der Waals surface area contributed by atoms with Crippen LogP contribution in [0.2, 0.25) is 0 Å². The van der Waals surface area contributed by atoms with Crippen LogP contribution in [-0.2, 0) is 13.0 Å². The van der Waals surface area contributed by atoms with Gasteiger partial charge in [-0.3, -0.25) is 4.90 Å². The van der Waals surface area contributed by atoms with E-state index in [1.807, 2.05) is 7.05 Å². The average Bonchev–Trinajstić information content (AvgIpc) is 2.85. The highest BCUT2D eigenvalue weighted by Gasteiger charge is 2.22. The molecule has 18 heavy (non-hydrogen) atoms. The monoisotopic (exact) mass is 250 g/mol. The second kappa shape index (κ2) is 6.95.